The fourth-order valence-corrected chi connectivity index (χ4v) is 4.21. The number of para-hydroxylation sites is 1. The van der Waals surface area contributed by atoms with Crippen molar-refractivity contribution in [3.8, 4) is 11.1 Å². The summed E-state index contributed by atoms with van der Waals surface area (Å²) in [7, 11) is 0. The summed E-state index contributed by atoms with van der Waals surface area (Å²) >= 11 is 0. The predicted octanol–water partition coefficient (Wildman–Crippen LogP) is 4.42. The molecule has 36 heavy (non-hydrogen) atoms. The first kappa shape index (κ1) is 25.6. The summed E-state index contributed by atoms with van der Waals surface area (Å²) in [5, 5.41) is 0.487. The number of esters is 2. The average molecular weight is 495 g/mol. The highest BCUT2D eigenvalue weighted by molar-refractivity contribution is 5.92. The molecule has 2 heterocycles. The smallest absolute Gasteiger partial charge is 0.310 e. The van der Waals surface area contributed by atoms with Crippen LogP contribution in [0.25, 0.3) is 22.1 Å². The minimum atomic E-state index is -0.615. The van der Waals surface area contributed by atoms with E-state index in [1.807, 2.05) is 42.5 Å². The Hall–Kier alpha value is -3.49. The lowest BCUT2D eigenvalue weighted by molar-refractivity contribution is -0.159. The van der Waals surface area contributed by atoms with Crippen LogP contribution in [-0.2, 0) is 23.8 Å². The number of fused-ring (bicyclic) bond motifs is 1. The summed E-state index contributed by atoms with van der Waals surface area (Å²) in [4.78, 5) is 37.6. The van der Waals surface area contributed by atoms with Crippen LogP contribution in [0.4, 0.5) is 5.88 Å². The maximum absolute atomic E-state index is 13.1. The van der Waals surface area contributed by atoms with Gasteiger partial charge in [-0.3, -0.25) is 14.4 Å². The van der Waals surface area contributed by atoms with Crippen LogP contribution in [0.5, 0.6) is 0 Å². The van der Waals surface area contributed by atoms with Crippen LogP contribution >= 0.6 is 0 Å². The van der Waals surface area contributed by atoms with E-state index in [0.29, 0.717) is 43.2 Å². The second-order valence-corrected chi connectivity index (χ2v) is 9.93. The number of benzene rings is 2. The number of ether oxygens (including phenoxy) is 3. The molecule has 4 rings (SSSR count). The van der Waals surface area contributed by atoms with Gasteiger partial charge in [-0.25, -0.2) is 4.48 Å². The second kappa shape index (κ2) is 10.6. The first-order chi connectivity index (χ1) is 17.2. The molecular formula is C28H32NO7+. The highest BCUT2D eigenvalue weighted by Crippen LogP contribution is 2.32. The maximum atomic E-state index is 13.1. The molecule has 0 saturated carbocycles. The van der Waals surface area contributed by atoms with Gasteiger partial charge < -0.3 is 18.6 Å². The summed E-state index contributed by atoms with van der Waals surface area (Å²) in [6, 6.07) is 16.7. The van der Waals surface area contributed by atoms with Crippen LogP contribution in [0, 0.1) is 0 Å². The highest BCUT2D eigenvalue weighted by Gasteiger charge is 2.38. The molecule has 1 aliphatic heterocycles. The van der Waals surface area contributed by atoms with Crippen molar-refractivity contribution in [2.24, 2.45) is 0 Å². The molecule has 1 fully saturated rings. The number of morpholine rings is 1. The molecule has 0 spiro atoms. The molecule has 0 N–H and O–H groups in total. The lowest BCUT2D eigenvalue weighted by Crippen LogP contribution is -2.58. The summed E-state index contributed by atoms with van der Waals surface area (Å²) in [6.45, 7) is 7.10. The zero-order valence-electron chi connectivity index (χ0n) is 21.0. The fraction of sp³-hybridized carbons (Fsp3) is 0.393. The van der Waals surface area contributed by atoms with Crippen LogP contribution in [-0.4, -0.2) is 50.6 Å². The summed E-state index contributed by atoms with van der Waals surface area (Å²) in [5.41, 5.74) is 1.46. The third-order valence-corrected chi connectivity index (χ3v) is 6.05. The van der Waals surface area contributed by atoms with E-state index in [1.165, 1.54) is 6.07 Å². The number of carbonyl (C=O) groups excluding carboxylic acids is 2. The van der Waals surface area contributed by atoms with E-state index in [1.54, 1.807) is 26.8 Å². The molecule has 8 nitrogen and oxygen atoms in total. The standard InChI is InChI=1S/C28H32NO7/c1-28(2,3)36-26(32)13-12-25(31)34-19-29(14-16-33-17-15-29)24-18-23(30)22-11-7-10-21(27(22)35-24)20-8-5-4-6-9-20/h4-11,18H,12-17,19H2,1-3H3/q+1. The Balaban J connectivity index is 1.60. The van der Waals surface area contributed by atoms with E-state index in [0.717, 1.165) is 11.1 Å². The summed E-state index contributed by atoms with van der Waals surface area (Å²) in [6.07, 6.45) is -0.157. The van der Waals surface area contributed by atoms with Crippen LogP contribution < -0.4 is 9.91 Å². The van der Waals surface area contributed by atoms with Crippen LogP contribution in [0.15, 0.2) is 63.8 Å². The SMILES string of the molecule is CC(C)(C)OC(=O)CCC(=O)OC[N+]1(c2cc(=O)c3cccc(-c4ccccc4)c3o2)CCOCC1. The van der Waals surface area contributed by atoms with Crippen LogP contribution in [0.3, 0.4) is 0 Å². The largest absolute Gasteiger partial charge is 0.460 e. The van der Waals surface area contributed by atoms with Crippen molar-refractivity contribution in [2.75, 3.05) is 33.0 Å². The van der Waals surface area contributed by atoms with E-state index in [4.69, 9.17) is 18.6 Å². The number of hydrogen-bond acceptors (Lipinski definition) is 7. The van der Waals surface area contributed by atoms with E-state index in [2.05, 4.69) is 0 Å². The quantitative estimate of drug-likeness (QED) is 0.355. The van der Waals surface area contributed by atoms with Gasteiger partial charge in [0.1, 0.15) is 18.7 Å². The van der Waals surface area contributed by atoms with Crippen LogP contribution in [0.1, 0.15) is 33.6 Å². The van der Waals surface area contributed by atoms with Crippen molar-refractivity contribution in [1.82, 2.24) is 4.48 Å². The first-order valence-corrected chi connectivity index (χ1v) is 12.1. The van der Waals surface area contributed by atoms with Gasteiger partial charge in [0.05, 0.1) is 37.5 Å². The molecule has 0 radical (unpaired) electrons. The topological polar surface area (TPSA) is 92.0 Å². The molecule has 2 aromatic carbocycles. The number of quaternary nitrogens is 1. The molecule has 1 aliphatic rings. The molecule has 1 aromatic heterocycles. The van der Waals surface area contributed by atoms with Gasteiger partial charge in [-0.15, -0.1) is 0 Å². The minimum absolute atomic E-state index is 0.0293. The number of rotatable bonds is 7. The Bertz CT molecular complexity index is 1280. The van der Waals surface area contributed by atoms with Crippen LogP contribution in [0.2, 0.25) is 0 Å². The van der Waals surface area contributed by atoms with E-state index in [-0.39, 0.29) is 29.5 Å². The maximum Gasteiger partial charge on any atom is 0.310 e. The monoisotopic (exact) mass is 494 g/mol. The highest BCUT2D eigenvalue weighted by atomic mass is 16.6. The average Bonchev–Trinajstić information content (AvgIpc) is 2.86. The number of hydrogen-bond donors (Lipinski definition) is 0. The van der Waals surface area contributed by atoms with E-state index in [9.17, 15) is 14.4 Å². The Morgan fingerprint density at radius 2 is 1.64 bits per heavy atom. The van der Waals surface area contributed by atoms with Gasteiger partial charge in [0.15, 0.2) is 11.0 Å². The van der Waals surface area contributed by atoms with E-state index >= 15 is 0 Å². The molecule has 0 amide bonds. The molecule has 0 bridgehead atoms. The van der Waals surface area contributed by atoms with Gasteiger partial charge >= 0.3 is 17.8 Å². The van der Waals surface area contributed by atoms with Crippen molar-refractivity contribution >= 4 is 28.8 Å². The van der Waals surface area contributed by atoms with Crippen molar-refractivity contribution in [1.29, 1.82) is 0 Å². The van der Waals surface area contributed by atoms with Crippen molar-refractivity contribution in [2.45, 2.75) is 39.2 Å². The number of nitrogens with zero attached hydrogens (tertiary/aromatic N) is 1. The van der Waals surface area contributed by atoms with Gasteiger partial charge in [-0.2, -0.15) is 0 Å². The third-order valence-electron chi connectivity index (χ3n) is 6.05. The summed E-state index contributed by atoms with van der Waals surface area (Å²) < 4.78 is 22.9. The Morgan fingerprint density at radius 1 is 0.944 bits per heavy atom. The molecule has 0 atom stereocenters. The van der Waals surface area contributed by atoms with Crippen molar-refractivity contribution in [3.05, 3.63) is 64.8 Å². The zero-order chi connectivity index (χ0) is 25.8. The van der Waals surface area contributed by atoms with Gasteiger partial charge in [-0.05, 0) is 32.4 Å². The Morgan fingerprint density at radius 3 is 2.33 bits per heavy atom. The van der Waals surface area contributed by atoms with Gasteiger partial charge in [0.25, 0.3) is 0 Å². The van der Waals surface area contributed by atoms with Gasteiger partial charge in [0.2, 0.25) is 6.73 Å². The zero-order valence-corrected chi connectivity index (χ0v) is 21.0. The summed E-state index contributed by atoms with van der Waals surface area (Å²) in [5.74, 6) is -0.555. The van der Waals surface area contributed by atoms with Gasteiger partial charge in [-0.1, -0.05) is 42.5 Å². The lowest BCUT2D eigenvalue weighted by Gasteiger charge is -2.37. The van der Waals surface area contributed by atoms with Crippen molar-refractivity contribution < 1.29 is 28.2 Å². The predicted molar refractivity (Wildman–Crippen MR) is 136 cm³/mol. The third kappa shape index (κ3) is 6.01. The molecule has 190 valence electrons. The molecule has 8 heteroatoms. The van der Waals surface area contributed by atoms with Crippen molar-refractivity contribution in [3.63, 3.8) is 0 Å². The fourth-order valence-electron chi connectivity index (χ4n) is 4.21. The van der Waals surface area contributed by atoms with E-state index < -0.39 is 17.5 Å². The van der Waals surface area contributed by atoms with Gasteiger partial charge in [0, 0.05) is 5.56 Å². The Kier molecular flexibility index (Phi) is 7.56. The lowest BCUT2D eigenvalue weighted by atomic mass is 10.0. The second-order valence-electron chi connectivity index (χ2n) is 9.93. The minimum Gasteiger partial charge on any atom is -0.460 e. The normalized spacial score (nSPS) is 15.4. The molecular weight excluding hydrogens is 462 g/mol. The molecule has 1 saturated heterocycles. The molecule has 0 unspecified atom stereocenters. The molecule has 3 aromatic rings. The first-order valence-electron chi connectivity index (χ1n) is 12.1. The number of carbonyl (C=O) groups is 2. The Labute approximate surface area is 210 Å². The molecule has 0 aliphatic carbocycles.